The van der Waals surface area contributed by atoms with Crippen molar-refractivity contribution in [2.75, 3.05) is 27.2 Å². The Hall–Kier alpha value is -0.890. The maximum atomic E-state index is 11.5. The van der Waals surface area contributed by atoms with Crippen LogP contribution >= 0.6 is 0 Å². The number of sulfonamides is 1. The van der Waals surface area contributed by atoms with Gasteiger partial charge in [-0.1, -0.05) is 0 Å². The van der Waals surface area contributed by atoms with Crippen LogP contribution in [0, 0.1) is 0 Å². The van der Waals surface area contributed by atoms with Gasteiger partial charge in [0.15, 0.2) is 0 Å². The van der Waals surface area contributed by atoms with Gasteiger partial charge in [-0.05, 0) is 39.2 Å². The second-order valence-electron chi connectivity index (χ2n) is 4.56. The van der Waals surface area contributed by atoms with E-state index in [2.05, 4.69) is 22.0 Å². The molecule has 0 amide bonds. The Morgan fingerprint density at radius 2 is 2.28 bits per heavy atom. The fraction of sp³-hybridized carbons (Fsp3) is 0.636. The molecule has 1 unspecified atom stereocenters. The summed E-state index contributed by atoms with van der Waals surface area (Å²) in [5, 5.41) is 3.32. The molecule has 1 fully saturated rings. The minimum Gasteiger partial charge on any atom is -0.447 e. The number of hydrogen-bond acceptors (Lipinski definition) is 5. The largest absolute Gasteiger partial charge is 0.447 e. The first-order valence-corrected chi connectivity index (χ1v) is 7.44. The van der Waals surface area contributed by atoms with Crippen LogP contribution in [0.15, 0.2) is 21.6 Å². The normalized spacial score (nSPS) is 21.6. The molecule has 102 valence electrons. The monoisotopic (exact) mass is 273 g/mol. The maximum Gasteiger partial charge on any atom is 0.273 e. The summed E-state index contributed by atoms with van der Waals surface area (Å²) in [5.74, 6) is 0.637. The quantitative estimate of drug-likeness (QED) is 0.789. The second-order valence-corrected chi connectivity index (χ2v) is 6.37. The van der Waals surface area contributed by atoms with E-state index in [0.29, 0.717) is 18.3 Å². The van der Waals surface area contributed by atoms with Crippen molar-refractivity contribution in [2.45, 2.75) is 24.1 Å². The molecule has 1 atom stereocenters. The average Bonchev–Trinajstić information content (AvgIpc) is 2.95. The lowest BCUT2D eigenvalue weighted by atomic mass is 10.2. The lowest BCUT2D eigenvalue weighted by Crippen LogP contribution is -2.30. The van der Waals surface area contributed by atoms with Gasteiger partial charge in [-0.2, -0.15) is 0 Å². The molecular formula is C11H19N3O3S. The van der Waals surface area contributed by atoms with E-state index in [4.69, 9.17) is 4.42 Å². The molecule has 1 aromatic heterocycles. The minimum absolute atomic E-state index is 0.0367. The Balaban J connectivity index is 1.91. The van der Waals surface area contributed by atoms with E-state index in [0.717, 1.165) is 19.5 Å². The van der Waals surface area contributed by atoms with E-state index in [-0.39, 0.29) is 5.09 Å². The third-order valence-corrected chi connectivity index (χ3v) is 4.41. The molecule has 0 bridgehead atoms. The minimum atomic E-state index is -3.48. The summed E-state index contributed by atoms with van der Waals surface area (Å²) in [6.45, 7) is 2.66. The number of furan rings is 1. The van der Waals surface area contributed by atoms with Gasteiger partial charge in [0.05, 0.1) is 6.54 Å². The van der Waals surface area contributed by atoms with Crippen LogP contribution in [0.2, 0.25) is 0 Å². The van der Waals surface area contributed by atoms with Crippen LogP contribution in [0.25, 0.3) is 0 Å². The number of nitrogens with zero attached hydrogens (tertiary/aromatic N) is 1. The molecule has 1 saturated heterocycles. The molecule has 7 heteroatoms. The standard InChI is InChI=1S/C11H19N3O3S/c1-12-18(15,16)11-4-3-10(17-11)7-13-9-5-6-14(2)8-9/h3-4,9,12-13H,5-8H2,1-2H3. The zero-order valence-electron chi connectivity index (χ0n) is 10.6. The highest BCUT2D eigenvalue weighted by Gasteiger charge is 2.20. The van der Waals surface area contributed by atoms with Crippen molar-refractivity contribution in [3.63, 3.8) is 0 Å². The van der Waals surface area contributed by atoms with Crippen LogP contribution in [0.4, 0.5) is 0 Å². The van der Waals surface area contributed by atoms with E-state index in [9.17, 15) is 8.42 Å². The summed E-state index contributed by atoms with van der Waals surface area (Å²) in [5.41, 5.74) is 0. The Morgan fingerprint density at radius 1 is 1.50 bits per heavy atom. The Morgan fingerprint density at radius 3 is 2.89 bits per heavy atom. The zero-order chi connectivity index (χ0) is 13.2. The maximum absolute atomic E-state index is 11.5. The molecule has 1 aliphatic rings. The lowest BCUT2D eigenvalue weighted by Gasteiger charge is -2.11. The molecule has 0 radical (unpaired) electrons. The van der Waals surface area contributed by atoms with Crippen molar-refractivity contribution in [1.29, 1.82) is 0 Å². The summed E-state index contributed by atoms with van der Waals surface area (Å²) in [6, 6.07) is 3.61. The number of nitrogens with one attached hydrogen (secondary N) is 2. The first-order chi connectivity index (χ1) is 8.51. The SMILES string of the molecule is CNS(=O)(=O)c1ccc(CNC2CCN(C)C2)o1. The van der Waals surface area contributed by atoms with E-state index in [1.165, 1.54) is 13.1 Å². The molecule has 2 heterocycles. The molecule has 0 spiro atoms. The summed E-state index contributed by atoms with van der Waals surface area (Å²) >= 11 is 0. The van der Waals surface area contributed by atoms with Gasteiger partial charge in [0.2, 0.25) is 5.09 Å². The first kappa shape index (κ1) is 13.5. The topological polar surface area (TPSA) is 74.6 Å². The summed E-state index contributed by atoms with van der Waals surface area (Å²) < 4.78 is 30.5. The van der Waals surface area contributed by atoms with Crippen LogP contribution < -0.4 is 10.0 Å². The molecule has 18 heavy (non-hydrogen) atoms. The van der Waals surface area contributed by atoms with Gasteiger partial charge in [0.1, 0.15) is 5.76 Å². The summed E-state index contributed by atoms with van der Waals surface area (Å²) in [6.07, 6.45) is 1.11. The van der Waals surface area contributed by atoms with Gasteiger partial charge in [0, 0.05) is 12.6 Å². The second kappa shape index (κ2) is 5.40. The number of likely N-dealkylation sites (tertiary alicyclic amines) is 1. The molecule has 0 aliphatic carbocycles. The molecular weight excluding hydrogens is 254 g/mol. The molecule has 0 aromatic carbocycles. The Labute approximate surface area is 107 Å². The highest BCUT2D eigenvalue weighted by Crippen LogP contribution is 2.14. The highest BCUT2D eigenvalue weighted by atomic mass is 32.2. The first-order valence-electron chi connectivity index (χ1n) is 5.95. The van der Waals surface area contributed by atoms with Crippen molar-refractivity contribution in [2.24, 2.45) is 0 Å². The van der Waals surface area contributed by atoms with Crippen molar-refractivity contribution < 1.29 is 12.8 Å². The smallest absolute Gasteiger partial charge is 0.273 e. The van der Waals surface area contributed by atoms with E-state index in [1.54, 1.807) is 6.07 Å². The fourth-order valence-electron chi connectivity index (χ4n) is 2.04. The van der Waals surface area contributed by atoms with Crippen molar-refractivity contribution in [1.82, 2.24) is 14.9 Å². The Kier molecular flexibility index (Phi) is 4.06. The number of rotatable bonds is 5. The molecule has 2 rings (SSSR count). The number of likely N-dealkylation sites (N-methyl/N-ethyl adjacent to an activating group) is 1. The summed E-state index contributed by atoms with van der Waals surface area (Å²) in [4.78, 5) is 2.26. The number of hydrogen-bond donors (Lipinski definition) is 2. The molecule has 2 N–H and O–H groups in total. The third-order valence-electron chi connectivity index (χ3n) is 3.13. The van der Waals surface area contributed by atoms with Gasteiger partial charge in [-0.15, -0.1) is 0 Å². The van der Waals surface area contributed by atoms with E-state index < -0.39 is 10.0 Å². The van der Waals surface area contributed by atoms with Crippen LogP contribution in [0.1, 0.15) is 12.2 Å². The predicted molar refractivity (Wildman–Crippen MR) is 67.7 cm³/mol. The highest BCUT2D eigenvalue weighted by molar-refractivity contribution is 7.89. The van der Waals surface area contributed by atoms with Gasteiger partial charge in [-0.3, -0.25) is 0 Å². The van der Waals surface area contributed by atoms with E-state index in [1.807, 2.05) is 0 Å². The van der Waals surface area contributed by atoms with Gasteiger partial charge in [0.25, 0.3) is 10.0 Å². The van der Waals surface area contributed by atoms with Gasteiger partial charge in [-0.25, -0.2) is 13.1 Å². The molecule has 1 aromatic rings. The lowest BCUT2D eigenvalue weighted by molar-refractivity contribution is 0.373. The third kappa shape index (κ3) is 3.11. The predicted octanol–water partition coefficient (Wildman–Crippen LogP) is -0.0186. The summed E-state index contributed by atoms with van der Waals surface area (Å²) in [7, 11) is -0.0215. The van der Waals surface area contributed by atoms with Crippen LogP contribution in [0.5, 0.6) is 0 Å². The van der Waals surface area contributed by atoms with Gasteiger partial charge >= 0.3 is 0 Å². The van der Waals surface area contributed by atoms with Crippen LogP contribution in [-0.4, -0.2) is 46.5 Å². The van der Waals surface area contributed by atoms with Crippen molar-refractivity contribution >= 4 is 10.0 Å². The van der Waals surface area contributed by atoms with E-state index >= 15 is 0 Å². The fourth-order valence-corrected chi connectivity index (χ4v) is 2.71. The Bertz CT molecular complexity index is 497. The zero-order valence-corrected chi connectivity index (χ0v) is 11.5. The van der Waals surface area contributed by atoms with Crippen LogP contribution in [-0.2, 0) is 16.6 Å². The van der Waals surface area contributed by atoms with Gasteiger partial charge < -0.3 is 14.6 Å². The average molecular weight is 273 g/mol. The molecule has 1 aliphatic heterocycles. The molecule has 0 saturated carbocycles. The van der Waals surface area contributed by atoms with Crippen molar-refractivity contribution in [3.8, 4) is 0 Å². The van der Waals surface area contributed by atoms with Crippen LogP contribution in [0.3, 0.4) is 0 Å². The van der Waals surface area contributed by atoms with Crippen molar-refractivity contribution in [3.05, 3.63) is 17.9 Å². The molecule has 6 nitrogen and oxygen atoms in total.